The molecule has 0 saturated heterocycles. The van der Waals surface area contributed by atoms with Crippen LogP contribution in [-0.2, 0) is 11.3 Å². The smallest absolute Gasteiger partial charge is 0.287 e. The quantitative estimate of drug-likeness (QED) is 0.891. The Kier molecular flexibility index (Phi) is 5.36. The minimum Gasteiger partial charge on any atom is -0.459 e. The summed E-state index contributed by atoms with van der Waals surface area (Å²) in [6, 6.07) is 13.0. The van der Waals surface area contributed by atoms with Gasteiger partial charge >= 0.3 is 0 Å². The molecule has 116 valence electrons. The van der Waals surface area contributed by atoms with E-state index in [4.69, 9.17) is 4.42 Å². The van der Waals surface area contributed by atoms with E-state index in [0.29, 0.717) is 6.54 Å². The van der Waals surface area contributed by atoms with Crippen LogP contribution in [0.2, 0.25) is 0 Å². The maximum Gasteiger partial charge on any atom is 0.287 e. The van der Waals surface area contributed by atoms with Gasteiger partial charge in [-0.3, -0.25) is 9.59 Å². The van der Waals surface area contributed by atoms with Crippen LogP contribution in [0.1, 0.15) is 30.0 Å². The number of carbonyl (C=O) groups excluding carboxylic acids is 2. The highest BCUT2D eigenvalue weighted by Gasteiger charge is 2.18. The number of amides is 2. The molecule has 1 aromatic heterocycles. The van der Waals surface area contributed by atoms with Crippen molar-refractivity contribution < 1.29 is 14.0 Å². The first-order valence-corrected chi connectivity index (χ1v) is 7.23. The summed E-state index contributed by atoms with van der Waals surface area (Å²) < 4.78 is 4.99. The summed E-state index contributed by atoms with van der Waals surface area (Å²) in [6.45, 7) is 4.38. The Morgan fingerprint density at radius 1 is 1.14 bits per heavy atom. The van der Waals surface area contributed by atoms with Gasteiger partial charge in [0.15, 0.2) is 5.76 Å². The number of rotatable bonds is 6. The van der Waals surface area contributed by atoms with Gasteiger partial charge < -0.3 is 14.6 Å². The van der Waals surface area contributed by atoms with Crippen LogP contribution in [0.25, 0.3) is 0 Å². The molecule has 1 N–H and O–H groups in total. The van der Waals surface area contributed by atoms with E-state index in [9.17, 15) is 9.59 Å². The number of nitrogens with zero attached hydrogens (tertiary/aromatic N) is 1. The number of carbonyl (C=O) groups is 2. The van der Waals surface area contributed by atoms with E-state index in [1.807, 2.05) is 44.2 Å². The fraction of sp³-hybridized carbons (Fsp3) is 0.294. The number of nitrogens with one attached hydrogen (secondary N) is 1. The molecule has 0 unspecified atom stereocenters. The minimum absolute atomic E-state index is 0.0493. The Morgan fingerprint density at radius 3 is 2.45 bits per heavy atom. The normalized spacial score (nSPS) is 10.5. The molecule has 2 amide bonds. The van der Waals surface area contributed by atoms with Crippen molar-refractivity contribution in [3.63, 3.8) is 0 Å². The molecule has 0 aliphatic carbocycles. The van der Waals surface area contributed by atoms with Crippen molar-refractivity contribution in [2.45, 2.75) is 26.4 Å². The zero-order valence-corrected chi connectivity index (χ0v) is 12.8. The van der Waals surface area contributed by atoms with Crippen LogP contribution in [0.3, 0.4) is 0 Å². The van der Waals surface area contributed by atoms with Gasteiger partial charge in [-0.2, -0.15) is 0 Å². The van der Waals surface area contributed by atoms with Crippen molar-refractivity contribution >= 4 is 11.8 Å². The number of hydrogen-bond acceptors (Lipinski definition) is 3. The van der Waals surface area contributed by atoms with Crippen molar-refractivity contribution in [2.24, 2.45) is 0 Å². The second-order valence-electron chi connectivity index (χ2n) is 5.26. The summed E-state index contributed by atoms with van der Waals surface area (Å²) in [5.74, 6) is -0.313. The summed E-state index contributed by atoms with van der Waals surface area (Å²) in [6.07, 6.45) is 1.42. The summed E-state index contributed by atoms with van der Waals surface area (Å²) in [5, 5.41) is 2.58. The van der Waals surface area contributed by atoms with Crippen LogP contribution in [0.5, 0.6) is 0 Å². The molecule has 0 aliphatic heterocycles. The third kappa shape index (κ3) is 4.22. The maximum atomic E-state index is 12.3. The van der Waals surface area contributed by atoms with E-state index in [2.05, 4.69) is 5.32 Å². The van der Waals surface area contributed by atoms with Crippen molar-refractivity contribution in [2.75, 3.05) is 6.54 Å². The van der Waals surface area contributed by atoms with Crippen molar-refractivity contribution in [1.29, 1.82) is 0 Å². The Hall–Kier alpha value is -2.56. The van der Waals surface area contributed by atoms with Gasteiger partial charge in [-0.1, -0.05) is 30.3 Å². The zero-order valence-electron chi connectivity index (χ0n) is 12.8. The van der Waals surface area contributed by atoms with Crippen LogP contribution >= 0.6 is 0 Å². The molecule has 0 aliphatic rings. The molecule has 0 saturated carbocycles. The molecule has 2 rings (SSSR count). The lowest BCUT2D eigenvalue weighted by molar-refractivity contribution is -0.132. The van der Waals surface area contributed by atoms with Crippen molar-refractivity contribution in [1.82, 2.24) is 10.2 Å². The predicted octanol–water partition coefficient (Wildman–Crippen LogP) is 2.45. The minimum atomic E-state index is -0.387. The highest BCUT2D eigenvalue weighted by Crippen LogP contribution is 2.08. The predicted molar refractivity (Wildman–Crippen MR) is 83.2 cm³/mol. The molecule has 0 atom stereocenters. The number of benzene rings is 1. The highest BCUT2D eigenvalue weighted by molar-refractivity contribution is 5.94. The van der Waals surface area contributed by atoms with Gasteiger partial charge in [0.1, 0.15) is 0 Å². The standard InChI is InChI=1S/C17H20N2O3/c1-13(2)19(12-14-7-4-3-5-8-14)16(20)11-18-17(21)15-9-6-10-22-15/h3-10,13H,11-12H2,1-2H3,(H,18,21). The van der Waals surface area contributed by atoms with Crippen LogP contribution in [-0.4, -0.2) is 29.3 Å². The van der Waals surface area contributed by atoms with Gasteiger partial charge in [0.25, 0.3) is 5.91 Å². The second-order valence-corrected chi connectivity index (χ2v) is 5.26. The second kappa shape index (κ2) is 7.45. The first-order chi connectivity index (χ1) is 10.6. The first kappa shape index (κ1) is 15.8. The molecule has 5 heteroatoms. The van der Waals surface area contributed by atoms with Crippen LogP contribution in [0, 0.1) is 0 Å². The van der Waals surface area contributed by atoms with Gasteiger partial charge in [0, 0.05) is 12.6 Å². The summed E-state index contributed by atoms with van der Waals surface area (Å²) in [4.78, 5) is 25.9. The average molecular weight is 300 g/mol. The van der Waals surface area contributed by atoms with Gasteiger partial charge in [0.2, 0.25) is 5.91 Å². The molecule has 1 heterocycles. The lowest BCUT2D eigenvalue weighted by Crippen LogP contribution is -2.43. The fourth-order valence-electron chi connectivity index (χ4n) is 2.09. The lowest BCUT2D eigenvalue weighted by atomic mass is 10.2. The van der Waals surface area contributed by atoms with E-state index < -0.39 is 0 Å². The molecular formula is C17H20N2O3. The van der Waals surface area contributed by atoms with Gasteiger partial charge in [-0.05, 0) is 31.5 Å². The molecule has 5 nitrogen and oxygen atoms in total. The van der Waals surface area contributed by atoms with Crippen LogP contribution in [0.15, 0.2) is 53.1 Å². The summed E-state index contributed by atoms with van der Waals surface area (Å²) in [7, 11) is 0. The largest absolute Gasteiger partial charge is 0.459 e. The molecule has 0 spiro atoms. The molecule has 0 fully saturated rings. The monoisotopic (exact) mass is 300 g/mol. The third-order valence-electron chi connectivity index (χ3n) is 3.28. The first-order valence-electron chi connectivity index (χ1n) is 7.23. The molecule has 2 aromatic rings. The van der Waals surface area contributed by atoms with Crippen molar-refractivity contribution in [3.05, 3.63) is 60.1 Å². The summed E-state index contributed by atoms with van der Waals surface area (Å²) >= 11 is 0. The van der Waals surface area contributed by atoms with E-state index in [-0.39, 0.29) is 30.2 Å². The van der Waals surface area contributed by atoms with Crippen LogP contribution in [0.4, 0.5) is 0 Å². The van der Waals surface area contributed by atoms with E-state index in [0.717, 1.165) is 5.56 Å². The van der Waals surface area contributed by atoms with Crippen molar-refractivity contribution in [3.8, 4) is 0 Å². The lowest BCUT2D eigenvalue weighted by Gasteiger charge is -2.27. The van der Waals surface area contributed by atoms with Gasteiger partial charge in [-0.25, -0.2) is 0 Å². The van der Waals surface area contributed by atoms with E-state index in [1.165, 1.54) is 6.26 Å². The highest BCUT2D eigenvalue weighted by atomic mass is 16.3. The fourth-order valence-corrected chi connectivity index (χ4v) is 2.09. The molecule has 22 heavy (non-hydrogen) atoms. The Balaban J connectivity index is 1.94. The zero-order chi connectivity index (χ0) is 15.9. The number of hydrogen-bond donors (Lipinski definition) is 1. The van der Waals surface area contributed by atoms with E-state index >= 15 is 0 Å². The molecule has 1 aromatic carbocycles. The average Bonchev–Trinajstić information content (AvgIpc) is 3.05. The Morgan fingerprint density at radius 2 is 1.86 bits per heavy atom. The Labute approximate surface area is 129 Å². The Bertz CT molecular complexity index is 606. The third-order valence-corrected chi connectivity index (χ3v) is 3.28. The van der Waals surface area contributed by atoms with Gasteiger partial charge in [-0.15, -0.1) is 0 Å². The molecule has 0 bridgehead atoms. The molecular weight excluding hydrogens is 280 g/mol. The topological polar surface area (TPSA) is 62.6 Å². The molecule has 0 radical (unpaired) electrons. The van der Waals surface area contributed by atoms with E-state index in [1.54, 1.807) is 17.0 Å². The summed E-state index contributed by atoms with van der Waals surface area (Å²) in [5.41, 5.74) is 1.06. The number of furan rings is 1. The maximum absolute atomic E-state index is 12.3. The SMILES string of the molecule is CC(C)N(Cc1ccccc1)C(=O)CNC(=O)c1ccco1. The van der Waals surface area contributed by atoms with Crippen LogP contribution < -0.4 is 5.32 Å². The van der Waals surface area contributed by atoms with Gasteiger partial charge in [0.05, 0.1) is 12.8 Å².